The van der Waals surface area contributed by atoms with E-state index < -0.39 is 0 Å². The predicted molar refractivity (Wildman–Crippen MR) is 71.1 cm³/mol. The van der Waals surface area contributed by atoms with Crippen LogP contribution in [-0.4, -0.2) is 29.9 Å². The smallest absolute Gasteiger partial charge is 0.239 e. The Balaban J connectivity index is 2.07. The van der Waals surface area contributed by atoms with Crippen LogP contribution in [0.25, 0.3) is 0 Å². The Morgan fingerprint density at radius 1 is 1.59 bits per heavy atom. The lowest BCUT2D eigenvalue weighted by Gasteiger charge is -2.36. The molecule has 1 aliphatic rings. The average molecular weight is 252 g/mol. The molecule has 0 aromatic carbocycles. The molecule has 0 spiro atoms. The number of rotatable bonds is 3. The minimum absolute atomic E-state index is 0.0148. The van der Waals surface area contributed by atoms with E-state index in [0.717, 1.165) is 25.9 Å². The highest BCUT2D eigenvalue weighted by Crippen LogP contribution is 2.29. The van der Waals surface area contributed by atoms with Crippen molar-refractivity contribution in [3.05, 3.63) is 22.4 Å². The van der Waals surface area contributed by atoms with E-state index >= 15 is 0 Å². The summed E-state index contributed by atoms with van der Waals surface area (Å²) in [6, 6.07) is 3.91. The third kappa shape index (κ3) is 2.69. The third-order valence-corrected chi connectivity index (χ3v) is 4.58. The van der Waals surface area contributed by atoms with E-state index in [1.807, 2.05) is 4.90 Å². The number of hydrogen-bond donors (Lipinski definition) is 1. The highest BCUT2D eigenvalue weighted by atomic mass is 32.1. The van der Waals surface area contributed by atoms with Crippen molar-refractivity contribution in [2.75, 3.05) is 13.1 Å². The summed E-state index contributed by atoms with van der Waals surface area (Å²) >= 11 is 1.75. The molecule has 0 saturated carbocycles. The Labute approximate surface area is 107 Å². The Bertz CT molecular complexity index is 386. The summed E-state index contributed by atoms with van der Waals surface area (Å²) in [4.78, 5) is 15.2. The molecule has 1 aromatic heterocycles. The average Bonchev–Trinajstić information content (AvgIpc) is 2.78. The predicted octanol–water partition coefficient (Wildman–Crippen LogP) is 1.98. The molecule has 0 radical (unpaired) electrons. The van der Waals surface area contributed by atoms with Crippen molar-refractivity contribution in [1.29, 1.82) is 0 Å². The number of piperidine rings is 1. The van der Waals surface area contributed by atoms with Gasteiger partial charge in [-0.2, -0.15) is 0 Å². The summed E-state index contributed by atoms with van der Waals surface area (Å²) in [6.45, 7) is 5.99. The van der Waals surface area contributed by atoms with E-state index in [-0.39, 0.29) is 17.4 Å². The number of hydrogen-bond acceptors (Lipinski definition) is 3. The maximum Gasteiger partial charge on any atom is 0.239 e. The maximum atomic E-state index is 12.0. The van der Waals surface area contributed by atoms with Crippen molar-refractivity contribution in [3.63, 3.8) is 0 Å². The monoisotopic (exact) mass is 252 g/mol. The van der Waals surface area contributed by atoms with Gasteiger partial charge in [-0.05, 0) is 24.3 Å². The molecule has 1 saturated heterocycles. The molecule has 94 valence electrons. The second kappa shape index (κ2) is 4.78. The van der Waals surface area contributed by atoms with Gasteiger partial charge in [-0.1, -0.05) is 19.9 Å². The van der Waals surface area contributed by atoms with Gasteiger partial charge in [0.1, 0.15) is 0 Å². The largest absolute Gasteiger partial charge is 0.340 e. The van der Waals surface area contributed by atoms with Crippen molar-refractivity contribution in [2.24, 2.45) is 5.73 Å². The maximum absolute atomic E-state index is 12.0. The topological polar surface area (TPSA) is 46.3 Å². The van der Waals surface area contributed by atoms with Crippen LogP contribution < -0.4 is 5.73 Å². The molecule has 1 atom stereocenters. The molecule has 1 aliphatic heterocycles. The summed E-state index contributed by atoms with van der Waals surface area (Å²) in [7, 11) is 0. The van der Waals surface area contributed by atoms with E-state index in [0.29, 0.717) is 0 Å². The Morgan fingerprint density at radius 2 is 2.35 bits per heavy atom. The molecule has 0 bridgehead atoms. The van der Waals surface area contributed by atoms with Gasteiger partial charge in [-0.15, -0.1) is 11.3 Å². The van der Waals surface area contributed by atoms with Gasteiger partial charge in [0.2, 0.25) is 5.91 Å². The summed E-state index contributed by atoms with van der Waals surface area (Å²) in [5.74, 6) is 0.112. The molecule has 2 N–H and O–H groups in total. The summed E-state index contributed by atoms with van der Waals surface area (Å²) in [6.07, 6.45) is 1.85. The first-order valence-corrected chi connectivity index (χ1v) is 6.97. The molecule has 4 heteroatoms. The van der Waals surface area contributed by atoms with Crippen LogP contribution in [0.1, 0.15) is 31.6 Å². The van der Waals surface area contributed by atoms with Gasteiger partial charge in [-0.3, -0.25) is 4.79 Å². The summed E-state index contributed by atoms with van der Waals surface area (Å²) in [5.41, 5.74) is 5.83. The van der Waals surface area contributed by atoms with Crippen LogP contribution in [0.4, 0.5) is 0 Å². The lowest BCUT2D eigenvalue weighted by atomic mass is 9.89. The van der Waals surface area contributed by atoms with E-state index in [9.17, 15) is 4.79 Å². The minimum atomic E-state index is -0.289. The number of nitrogens with two attached hydrogens (primary N) is 1. The van der Waals surface area contributed by atoms with Crippen molar-refractivity contribution in [1.82, 2.24) is 4.90 Å². The molecule has 1 aromatic rings. The normalized spacial score (nSPS) is 21.9. The zero-order valence-corrected chi connectivity index (χ0v) is 11.3. The Kier molecular flexibility index (Phi) is 3.54. The first-order chi connectivity index (χ1) is 8.00. The van der Waals surface area contributed by atoms with E-state index in [2.05, 4.69) is 31.4 Å². The van der Waals surface area contributed by atoms with Crippen LogP contribution in [-0.2, 0) is 10.2 Å². The molecule has 3 nitrogen and oxygen atoms in total. The van der Waals surface area contributed by atoms with E-state index in [4.69, 9.17) is 5.73 Å². The standard InChI is InChI=1S/C13H20N2OS/c1-13(2,11-6-4-8-17-11)9-15-7-3-5-10(14)12(15)16/h4,6,8,10H,3,5,7,9,14H2,1-2H3. The van der Waals surface area contributed by atoms with Crippen molar-refractivity contribution in [3.8, 4) is 0 Å². The second-order valence-corrected chi connectivity index (χ2v) is 6.32. The molecule has 2 heterocycles. The van der Waals surface area contributed by atoms with Crippen molar-refractivity contribution in [2.45, 2.75) is 38.1 Å². The van der Waals surface area contributed by atoms with Gasteiger partial charge >= 0.3 is 0 Å². The third-order valence-electron chi connectivity index (χ3n) is 3.35. The SMILES string of the molecule is CC(C)(CN1CCCC(N)C1=O)c1cccs1. The quantitative estimate of drug-likeness (QED) is 0.894. The van der Waals surface area contributed by atoms with Crippen LogP contribution >= 0.6 is 11.3 Å². The molecular weight excluding hydrogens is 232 g/mol. The highest BCUT2D eigenvalue weighted by Gasteiger charge is 2.31. The second-order valence-electron chi connectivity index (χ2n) is 5.37. The van der Waals surface area contributed by atoms with Crippen LogP contribution in [0.5, 0.6) is 0 Å². The molecule has 17 heavy (non-hydrogen) atoms. The van der Waals surface area contributed by atoms with Gasteiger partial charge in [0.05, 0.1) is 6.04 Å². The first-order valence-electron chi connectivity index (χ1n) is 6.09. The van der Waals surface area contributed by atoms with Crippen LogP contribution in [0.3, 0.4) is 0 Å². The zero-order chi connectivity index (χ0) is 12.5. The summed E-state index contributed by atoms with van der Waals surface area (Å²) < 4.78 is 0. The van der Waals surface area contributed by atoms with Crippen molar-refractivity contribution >= 4 is 17.2 Å². The Hall–Kier alpha value is -0.870. The molecule has 1 unspecified atom stereocenters. The number of nitrogens with zero attached hydrogens (tertiary/aromatic N) is 1. The van der Waals surface area contributed by atoms with Crippen LogP contribution in [0, 0.1) is 0 Å². The first kappa shape index (κ1) is 12.6. The van der Waals surface area contributed by atoms with Crippen LogP contribution in [0.2, 0.25) is 0 Å². The Morgan fingerprint density at radius 3 is 3.00 bits per heavy atom. The van der Waals surface area contributed by atoms with Gasteiger partial charge in [0.25, 0.3) is 0 Å². The van der Waals surface area contributed by atoms with Crippen LogP contribution in [0.15, 0.2) is 17.5 Å². The number of carbonyl (C=O) groups is 1. The zero-order valence-electron chi connectivity index (χ0n) is 10.5. The molecule has 1 amide bonds. The minimum Gasteiger partial charge on any atom is -0.340 e. The lowest BCUT2D eigenvalue weighted by molar-refractivity contribution is -0.135. The molecule has 0 aliphatic carbocycles. The number of amides is 1. The number of carbonyl (C=O) groups excluding carboxylic acids is 1. The molecule has 2 rings (SSSR count). The lowest BCUT2D eigenvalue weighted by Crippen LogP contribution is -2.51. The van der Waals surface area contributed by atoms with E-state index in [1.54, 1.807) is 11.3 Å². The number of thiophene rings is 1. The molecule has 1 fully saturated rings. The van der Waals surface area contributed by atoms with Gasteiger partial charge in [0.15, 0.2) is 0 Å². The van der Waals surface area contributed by atoms with E-state index in [1.165, 1.54) is 4.88 Å². The van der Waals surface area contributed by atoms with Gasteiger partial charge in [0, 0.05) is 23.4 Å². The summed E-state index contributed by atoms with van der Waals surface area (Å²) in [5, 5.41) is 2.08. The molecular formula is C13H20N2OS. The van der Waals surface area contributed by atoms with Gasteiger partial charge in [-0.25, -0.2) is 0 Å². The highest BCUT2D eigenvalue weighted by molar-refractivity contribution is 7.10. The van der Waals surface area contributed by atoms with Gasteiger partial charge < -0.3 is 10.6 Å². The number of likely N-dealkylation sites (tertiary alicyclic amines) is 1. The fourth-order valence-electron chi connectivity index (χ4n) is 2.35. The fraction of sp³-hybridized carbons (Fsp3) is 0.615. The van der Waals surface area contributed by atoms with Crippen molar-refractivity contribution < 1.29 is 4.79 Å². The fourth-order valence-corrected chi connectivity index (χ4v) is 3.19.